The number of fused-ring (bicyclic) bond motifs is 1. The fourth-order valence-corrected chi connectivity index (χ4v) is 2.09. The normalized spacial score (nSPS) is 12.7. The predicted octanol–water partition coefficient (Wildman–Crippen LogP) is 2.08. The lowest BCUT2D eigenvalue weighted by molar-refractivity contribution is -0.153. The van der Waals surface area contributed by atoms with Gasteiger partial charge in [-0.3, -0.25) is 0 Å². The van der Waals surface area contributed by atoms with Gasteiger partial charge in [0.2, 0.25) is 0 Å². The average molecular weight is 247 g/mol. The lowest BCUT2D eigenvalue weighted by Gasteiger charge is -2.08. The number of carbonyl (C=O) groups is 1. The first-order valence-electron chi connectivity index (χ1n) is 5.95. The van der Waals surface area contributed by atoms with Crippen molar-refractivity contribution in [3.63, 3.8) is 0 Å². The molecular weight excluding hydrogens is 230 g/mol. The van der Waals surface area contributed by atoms with E-state index in [0.717, 1.165) is 16.5 Å². The zero-order chi connectivity index (χ0) is 13.3. The number of aliphatic hydroxyl groups excluding tert-OH is 1. The van der Waals surface area contributed by atoms with E-state index < -0.39 is 12.1 Å². The van der Waals surface area contributed by atoms with Gasteiger partial charge in [0.05, 0.1) is 6.61 Å². The van der Waals surface area contributed by atoms with Crippen LogP contribution in [0.15, 0.2) is 24.4 Å². The van der Waals surface area contributed by atoms with Crippen LogP contribution in [-0.4, -0.2) is 22.2 Å². The van der Waals surface area contributed by atoms with Crippen molar-refractivity contribution in [3.05, 3.63) is 35.5 Å². The summed E-state index contributed by atoms with van der Waals surface area (Å²) in [5.41, 5.74) is 2.72. The van der Waals surface area contributed by atoms with E-state index in [4.69, 9.17) is 4.74 Å². The molecule has 0 saturated carbocycles. The van der Waals surface area contributed by atoms with Crippen LogP contribution in [0.4, 0.5) is 0 Å². The fraction of sp³-hybridized carbons (Fsp3) is 0.357. The molecule has 1 N–H and O–H groups in total. The number of nitrogens with zero attached hydrogens (tertiary/aromatic N) is 1. The summed E-state index contributed by atoms with van der Waals surface area (Å²) in [6, 6.07) is 5.91. The molecule has 0 aliphatic heterocycles. The highest BCUT2D eigenvalue weighted by Gasteiger charge is 2.22. The Morgan fingerprint density at radius 3 is 2.89 bits per heavy atom. The molecule has 0 aliphatic rings. The number of hydrogen-bond donors (Lipinski definition) is 1. The van der Waals surface area contributed by atoms with Crippen molar-refractivity contribution in [2.75, 3.05) is 6.61 Å². The Kier molecular flexibility index (Phi) is 3.39. The largest absolute Gasteiger partial charge is 0.464 e. The predicted molar refractivity (Wildman–Crippen MR) is 69.2 cm³/mol. The zero-order valence-electron chi connectivity index (χ0n) is 10.8. The van der Waals surface area contributed by atoms with Gasteiger partial charge in [-0.05, 0) is 25.5 Å². The summed E-state index contributed by atoms with van der Waals surface area (Å²) in [5.74, 6) is -0.606. The minimum Gasteiger partial charge on any atom is -0.464 e. The van der Waals surface area contributed by atoms with Crippen LogP contribution < -0.4 is 0 Å². The minimum atomic E-state index is -1.23. The molecule has 0 bridgehead atoms. The van der Waals surface area contributed by atoms with Crippen LogP contribution in [-0.2, 0) is 16.6 Å². The molecule has 1 heterocycles. The second-order valence-corrected chi connectivity index (χ2v) is 4.37. The van der Waals surface area contributed by atoms with Gasteiger partial charge in [-0.25, -0.2) is 4.79 Å². The number of rotatable bonds is 3. The minimum absolute atomic E-state index is 0.264. The number of hydrogen-bond acceptors (Lipinski definition) is 3. The van der Waals surface area contributed by atoms with Gasteiger partial charge < -0.3 is 14.4 Å². The van der Waals surface area contributed by atoms with Crippen molar-refractivity contribution in [1.29, 1.82) is 0 Å². The molecule has 4 heteroatoms. The summed E-state index contributed by atoms with van der Waals surface area (Å²) in [6.45, 7) is 3.99. The third-order valence-corrected chi connectivity index (χ3v) is 2.98. The highest BCUT2D eigenvalue weighted by Crippen LogP contribution is 2.27. The van der Waals surface area contributed by atoms with Crippen LogP contribution in [0.2, 0.25) is 0 Å². The molecule has 0 fully saturated rings. The molecule has 0 aliphatic carbocycles. The Morgan fingerprint density at radius 2 is 2.22 bits per heavy atom. The highest BCUT2D eigenvalue weighted by atomic mass is 16.5. The van der Waals surface area contributed by atoms with Crippen LogP contribution in [0.5, 0.6) is 0 Å². The number of aromatic nitrogens is 1. The van der Waals surface area contributed by atoms with Crippen LogP contribution in [0.25, 0.3) is 10.9 Å². The summed E-state index contributed by atoms with van der Waals surface area (Å²) in [6.07, 6.45) is 0.544. The molecule has 0 saturated heterocycles. The molecule has 2 aromatic rings. The molecule has 2 rings (SSSR count). The van der Waals surface area contributed by atoms with Gasteiger partial charge in [0.15, 0.2) is 6.10 Å². The second kappa shape index (κ2) is 4.82. The van der Waals surface area contributed by atoms with Gasteiger partial charge >= 0.3 is 5.97 Å². The van der Waals surface area contributed by atoms with Gasteiger partial charge in [-0.1, -0.05) is 12.1 Å². The monoisotopic (exact) mass is 247 g/mol. The van der Waals surface area contributed by atoms with E-state index in [1.54, 1.807) is 13.1 Å². The molecule has 0 amide bonds. The Bertz CT molecular complexity index is 586. The third kappa shape index (κ3) is 2.11. The van der Waals surface area contributed by atoms with Crippen molar-refractivity contribution in [2.45, 2.75) is 20.0 Å². The number of benzene rings is 1. The number of aliphatic hydroxyl groups is 1. The molecule has 1 unspecified atom stereocenters. The first-order valence-corrected chi connectivity index (χ1v) is 5.95. The maximum Gasteiger partial charge on any atom is 0.339 e. The maximum absolute atomic E-state index is 11.6. The van der Waals surface area contributed by atoms with Crippen LogP contribution in [0.1, 0.15) is 24.2 Å². The van der Waals surface area contributed by atoms with E-state index in [-0.39, 0.29) is 6.61 Å². The van der Waals surface area contributed by atoms with E-state index in [2.05, 4.69) is 0 Å². The van der Waals surface area contributed by atoms with Crippen LogP contribution >= 0.6 is 0 Å². The summed E-state index contributed by atoms with van der Waals surface area (Å²) < 4.78 is 6.74. The number of carbonyl (C=O) groups excluding carboxylic acids is 1. The average Bonchev–Trinajstić information content (AvgIpc) is 2.66. The van der Waals surface area contributed by atoms with Gasteiger partial charge in [0.25, 0.3) is 0 Å². The topological polar surface area (TPSA) is 51.5 Å². The summed E-state index contributed by atoms with van der Waals surface area (Å²) in [5, 5.41) is 10.9. The zero-order valence-corrected chi connectivity index (χ0v) is 10.8. The van der Waals surface area contributed by atoms with E-state index in [1.165, 1.54) is 0 Å². The van der Waals surface area contributed by atoms with Crippen molar-refractivity contribution in [1.82, 2.24) is 4.57 Å². The molecule has 96 valence electrons. The van der Waals surface area contributed by atoms with Gasteiger partial charge in [0.1, 0.15) is 0 Å². The standard InChI is InChI=1S/C14H17NO3/c1-4-18-14(17)13(16)11-8-15(3)12-7-9(2)5-6-10(11)12/h5-8,13,16H,4H2,1-3H3. The van der Waals surface area contributed by atoms with Crippen LogP contribution in [0, 0.1) is 6.92 Å². The molecule has 1 aromatic carbocycles. The number of aryl methyl sites for hydroxylation is 2. The molecule has 1 atom stereocenters. The van der Waals surface area contributed by atoms with Crippen molar-refractivity contribution < 1.29 is 14.6 Å². The Labute approximate surface area is 106 Å². The van der Waals surface area contributed by atoms with Crippen molar-refractivity contribution >= 4 is 16.9 Å². The molecule has 18 heavy (non-hydrogen) atoms. The van der Waals surface area contributed by atoms with E-state index in [0.29, 0.717) is 5.56 Å². The SMILES string of the molecule is CCOC(=O)C(O)c1cn(C)c2cc(C)ccc12. The van der Waals surface area contributed by atoms with E-state index in [1.807, 2.05) is 36.7 Å². The van der Waals surface area contributed by atoms with Crippen molar-refractivity contribution in [3.8, 4) is 0 Å². The highest BCUT2D eigenvalue weighted by molar-refractivity contribution is 5.89. The molecule has 0 radical (unpaired) electrons. The fourth-order valence-electron chi connectivity index (χ4n) is 2.09. The molecule has 1 aromatic heterocycles. The van der Waals surface area contributed by atoms with Crippen molar-refractivity contribution in [2.24, 2.45) is 7.05 Å². The summed E-state index contributed by atoms with van der Waals surface area (Å²) in [4.78, 5) is 11.6. The first kappa shape index (κ1) is 12.6. The number of ether oxygens (including phenoxy) is 1. The third-order valence-electron chi connectivity index (χ3n) is 2.98. The second-order valence-electron chi connectivity index (χ2n) is 4.37. The number of esters is 1. The lowest BCUT2D eigenvalue weighted by atomic mass is 10.1. The summed E-state index contributed by atoms with van der Waals surface area (Å²) >= 11 is 0. The maximum atomic E-state index is 11.6. The Balaban J connectivity index is 2.48. The summed E-state index contributed by atoms with van der Waals surface area (Å²) in [7, 11) is 1.89. The molecular formula is C14H17NO3. The first-order chi connectivity index (χ1) is 8.54. The van der Waals surface area contributed by atoms with Gasteiger partial charge in [-0.2, -0.15) is 0 Å². The van der Waals surface area contributed by atoms with Gasteiger partial charge in [0, 0.05) is 29.7 Å². The Hall–Kier alpha value is -1.81. The molecule has 4 nitrogen and oxygen atoms in total. The van der Waals surface area contributed by atoms with E-state index in [9.17, 15) is 9.90 Å². The quantitative estimate of drug-likeness (QED) is 0.845. The van der Waals surface area contributed by atoms with Gasteiger partial charge in [-0.15, -0.1) is 0 Å². The Morgan fingerprint density at radius 1 is 1.50 bits per heavy atom. The van der Waals surface area contributed by atoms with E-state index >= 15 is 0 Å². The smallest absolute Gasteiger partial charge is 0.339 e. The molecule has 0 spiro atoms. The van der Waals surface area contributed by atoms with Crippen LogP contribution in [0.3, 0.4) is 0 Å². The lowest BCUT2D eigenvalue weighted by Crippen LogP contribution is -2.15.